The number of carbonyl (C=O) groups is 4. The molecular weight excluding hydrogens is 669 g/mol. The van der Waals surface area contributed by atoms with Crippen LogP contribution in [0.5, 0.6) is 0 Å². The van der Waals surface area contributed by atoms with Crippen LogP contribution in [0.15, 0.2) is 113 Å². The minimum Gasteiger partial charge on any atom is -0.448 e. The molecular formula is C34H30N6O7S2. The van der Waals surface area contributed by atoms with E-state index in [9.17, 15) is 19.2 Å². The lowest BCUT2D eigenvalue weighted by atomic mass is 10.0. The van der Waals surface area contributed by atoms with E-state index in [0.717, 1.165) is 22.5 Å². The summed E-state index contributed by atoms with van der Waals surface area (Å²) in [5.74, 6) is -1.86. The monoisotopic (exact) mass is 698 g/mol. The van der Waals surface area contributed by atoms with E-state index in [1.807, 2.05) is 66.7 Å². The molecule has 250 valence electrons. The number of esters is 1. The Labute approximate surface area is 289 Å². The third-order valence-corrected chi connectivity index (χ3v) is 9.53. The first-order chi connectivity index (χ1) is 23.8. The number of rotatable bonds is 11. The summed E-state index contributed by atoms with van der Waals surface area (Å²) in [5, 5.41) is 10.2. The van der Waals surface area contributed by atoms with E-state index in [4.69, 9.17) is 20.0 Å². The van der Waals surface area contributed by atoms with Crippen LogP contribution in [0.4, 0.5) is 15.6 Å². The molecule has 4 aromatic rings. The highest BCUT2D eigenvalue weighted by molar-refractivity contribution is 8.00. The number of nitrogens with two attached hydrogens (primary N) is 1. The molecule has 1 aromatic heterocycles. The number of oxime groups is 1. The van der Waals surface area contributed by atoms with Gasteiger partial charge < -0.3 is 25.4 Å². The first kappa shape index (κ1) is 33.2. The van der Waals surface area contributed by atoms with Gasteiger partial charge in [0.05, 0.1) is 0 Å². The molecule has 1 unspecified atom stereocenters. The Bertz CT molecular complexity index is 1860. The molecule has 3 aromatic carbocycles. The highest BCUT2D eigenvalue weighted by atomic mass is 32.2. The van der Waals surface area contributed by atoms with Gasteiger partial charge in [-0.2, -0.15) is 0 Å². The molecule has 1 fully saturated rings. The Morgan fingerprint density at radius 3 is 2.22 bits per heavy atom. The standard InChI is InChI=1S/C34H30N6O7S2/c1-45-39-25(24-19-49-33(35)37-24)29(41)38-26-30(42)40-27(22(18-48-31(26)40)17-46-34(44)36-23-15-9-4-10-16-23)32(43)47-28(20-11-5-2-6-12-20)21-13-7-3-8-14-21/h2-16,19,26,28,31H,17-18H2,1H3,(H2,35,37)(H,36,44)(H,38,41)/b39-25+/t26?,31-/m1/s1. The van der Waals surface area contributed by atoms with Gasteiger partial charge in [0.1, 0.15) is 36.5 Å². The van der Waals surface area contributed by atoms with Crippen LogP contribution in [0.2, 0.25) is 0 Å². The molecule has 0 saturated carbocycles. The molecule has 3 amide bonds. The van der Waals surface area contributed by atoms with Crippen LogP contribution in [-0.4, -0.2) is 70.4 Å². The number of para-hydroxylation sites is 1. The summed E-state index contributed by atoms with van der Waals surface area (Å²) in [6, 6.07) is 26.2. The first-order valence-corrected chi connectivity index (χ1v) is 16.9. The number of amides is 3. The van der Waals surface area contributed by atoms with Gasteiger partial charge >= 0.3 is 12.1 Å². The summed E-state index contributed by atoms with van der Waals surface area (Å²) in [4.78, 5) is 64.1. The molecule has 0 spiro atoms. The number of nitrogens with zero attached hydrogens (tertiary/aromatic N) is 3. The number of ether oxygens (including phenoxy) is 2. The van der Waals surface area contributed by atoms with E-state index in [0.29, 0.717) is 11.3 Å². The highest BCUT2D eigenvalue weighted by Crippen LogP contribution is 2.42. The number of carbonyl (C=O) groups excluding carboxylic acids is 4. The van der Waals surface area contributed by atoms with Gasteiger partial charge in [-0.3, -0.25) is 19.8 Å². The zero-order valence-electron chi connectivity index (χ0n) is 26.0. The topological polar surface area (TPSA) is 175 Å². The minimum absolute atomic E-state index is 0.0540. The Hall–Kier alpha value is -5.67. The van der Waals surface area contributed by atoms with Crippen LogP contribution in [-0.2, 0) is 28.7 Å². The van der Waals surface area contributed by atoms with Crippen molar-refractivity contribution in [2.24, 2.45) is 5.16 Å². The predicted molar refractivity (Wildman–Crippen MR) is 184 cm³/mol. The lowest BCUT2D eigenvalue weighted by Crippen LogP contribution is -2.71. The lowest BCUT2D eigenvalue weighted by molar-refractivity contribution is -0.154. The summed E-state index contributed by atoms with van der Waals surface area (Å²) in [5.41, 5.74) is 8.05. The molecule has 3 heterocycles. The Kier molecular flexibility index (Phi) is 10.2. The summed E-state index contributed by atoms with van der Waals surface area (Å²) >= 11 is 2.42. The van der Waals surface area contributed by atoms with Crippen LogP contribution >= 0.6 is 23.1 Å². The third-order valence-electron chi connectivity index (χ3n) is 7.52. The number of hydrogen-bond acceptors (Lipinski definition) is 12. The molecule has 0 bridgehead atoms. The maximum atomic E-state index is 14.2. The van der Waals surface area contributed by atoms with E-state index in [-0.39, 0.29) is 34.6 Å². The number of aromatic nitrogens is 1. The van der Waals surface area contributed by atoms with Crippen LogP contribution in [0, 0.1) is 0 Å². The maximum Gasteiger partial charge on any atom is 0.411 e. The summed E-state index contributed by atoms with van der Waals surface area (Å²) in [7, 11) is 1.28. The molecule has 2 aliphatic heterocycles. The molecule has 13 nitrogen and oxygen atoms in total. The van der Waals surface area contributed by atoms with E-state index in [1.165, 1.54) is 23.8 Å². The van der Waals surface area contributed by atoms with Crippen molar-refractivity contribution in [2.45, 2.75) is 17.5 Å². The largest absolute Gasteiger partial charge is 0.448 e. The number of nitrogen functional groups attached to an aromatic ring is 1. The molecule has 0 aliphatic carbocycles. The molecule has 15 heteroatoms. The number of anilines is 2. The van der Waals surface area contributed by atoms with E-state index >= 15 is 0 Å². The number of fused-ring (bicyclic) bond motifs is 1. The van der Waals surface area contributed by atoms with Gasteiger partial charge in [0.15, 0.2) is 16.9 Å². The second-order valence-electron chi connectivity index (χ2n) is 10.7. The van der Waals surface area contributed by atoms with Crippen LogP contribution in [0.3, 0.4) is 0 Å². The average molecular weight is 699 g/mol. The van der Waals surface area contributed by atoms with Crippen molar-refractivity contribution in [3.05, 3.63) is 124 Å². The smallest absolute Gasteiger partial charge is 0.411 e. The molecule has 2 aliphatic rings. The minimum atomic E-state index is -1.01. The quantitative estimate of drug-likeness (QED) is 0.0886. The van der Waals surface area contributed by atoms with Crippen molar-refractivity contribution in [1.82, 2.24) is 15.2 Å². The Morgan fingerprint density at radius 1 is 1.00 bits per heavy atom. The second-order valence-corrected chi connectivity index (χ2v) is 12.7. The van der Waals surface area contributed by atoms with E-state index in [2.05, 4.69) is 20.8 Å². The molecule has 1 saturated heterocycles. The number of hydrogen-bond donors (Lipinski definition) is 3. The lowest BCUT2D eigenvalue weighted by Gasteiger charge is -2.49. The summed E-state index contributed by atoms with van der Waals surface area (Å²) in [6.07, 6.45) is -1.54. The molecule has 6 rings (SSSR count). The van der Waals surface area contributed by atoms with Gasteiger partial charge in [0.2, 0.25) is 0 Å². The normalized spacial score (nSPS) is 17.1. The Morgan fingerprint density at radius 2 is 1.63 bits per heavy atom. The van der Waals surface area contributed by atoms with Gasteiger partial charge in [0.25, 0.3) is 11.8 Å². The van der Waals surface area contributed by atoms with Crippen molar-refractivity contribution < 1.29 is 33.5 Å². The molecule has 2 atom stereocenters. The van der Waals surface area contributed by atoms with Crippen LogP contribution in [0.25, 0.3) is 0 Å². The van der Waals surface area contributed by atoms with Crippen molar-refractivity contribution in [1.29, 1.82) is 0 Å². The number of nitrogens with one attached hydrogen (secondary N) is 2. The predicted octanol–water partition coefficient (Wildman–Crippen LogP) is 4.31. The number of thiazole rings is 1. The van der Waals surface area contributed by atoms with Gasteiger partial charge in [-0.25, -0.2) is 14.6 Å². The summed E-state index contributed by atoms with van der Waals surface area (Å²) < 4.78 is 11.6. The highest BCUT2D eigenvalue weighted by Gasteiger charge is 2.55. The number of thioether (sulfide) groups is 1. The van der Waals surface area contributed by atoms with Crippen molar-refractivity contribution in [3.63, 3.8) is 0 Å². The van der Waals surface area contributed by atoms with Gasteiger partial charge in [-0.1, -0.05) is 84.0 Å². The van der Waals surface area contributed by atoms with Crippen molar-refractivity contribution >= 4 is 63.5 Å². The first-order valence-electron chi connectivity index (χ1n) is 14.9. The number of β-lactam (4-membered cyclic amide) rings is 1. The molecule has 4 N–H and O–H groups in total. The van der Waals surface area contributed by atoms with Gasteiger partial charge in [0, 0.05) is 22.4 Å². The average Bonchev–Trinajstić information content (AvgIpc) is 3.56. The molecule has 0 radical (unpaired) electrons. The van der Waals surface area contributed by atoms with Gasteiger partial charge in [-0.05, 0) is 23.3 Å². The van der Waals surface area contributed by atoms with Crippen molar-refractivity contribution in [3.8, 4) is 0 Å². The van der Waals surface area contributed by atoms with E-state index in [1.54, 1.807) is 29.6 Å². The van der Waals surface area contributed by atoms with Crippen LogP contribution < -0.4 is 16.4 Å². The molecule has 49 heavy (non-hydrogen) atoms. The van der Waals surface area contributed by atoms with Crippen molar-refractivity contribution in [2.75, 3.05) is 30.5 Å². The Balaban J connectivity index is 1.27. The zero-order chi connectivity index (χ0) is 34.3. The second kappa shape index (κ2) is 15.0. The fourth-order valence-electron chi connectivity index (χ4n) is 5.26. The zero-order valence-corrected chi connectivity index (χ0v) is 27.6. The fraction of sp³-hybridized carbons (Fsp3) is 0.176. The maximum absolute atomic E-state index is 14.2. The SMILES string of the molecule is CO/N=C(/C(=O)NC1C(=O)N2C(C(=O)OC(c3ccccc3)c3ccccc3)=C(COC(=O)Nc3ccccc3)CS[C@H]12)c1csc(N)n1. The summed E-state index contributed by atoms with van der Waals surface area (Å²) in [6.45, 7) is -0.291. The third kappa shape index (κ3) is 7.42. The van der Waals surface area contributed by atoms with Gasteiger partial charge in [-0.15, -0.1) is 23.1 Å². The van der Waals surface area contributed by atoms with Crippen LogP contribution in [0.1, 0.15) is 22.9 Å². The van der Waals surface area contributed by atoms with E-state index < -0.39 is 41.4 Å². The fourth-order valence-corrected chi connectivity index (χ4v) is 7.13. The number of benzene rings is 3.